The molecule has 506 valence electrons. The summed E-state index contributed by atoms with van der Waals surface area (Å²) in [4.78, 5) is 77.3. The van der Waals surface area contributed by atoms with Crippen molar-refractivity contribution in [2.75, 3.05) is 117 Å². The maximum absolute atomic E-state index is 14.2. The first kappa shape index (κ1) is 69.4. The van der Waals surface area contributed by atoms with E-state index in [1.807, 2.05) is 85.9 Å². The lowest BCUT2D eigenvalue weighted by atomic mass is 9.72. The fourth-order valence-electron chi connectivity index (χ4n) is 13.4. The molecule has 3 saturated heterocycles. The number of halogens is 7. The number of anilines is 2. The summed E-state index contributed by atoms with van der Waals surface area (Å²) in [6.07, 6.45) is -6.12. The number of likely N-dealkylation sites (tertiary alicyclic amines) is 2. The monoisotopic (exact) mass is 1320 g/mol. The van der Waals surface area contributed by atoms with Crippen molar-refractivity contribution in [2.24, 2.45) is 0 Å². The highest BCUT2D eigenvalue weighted by Crippen LogP contribution is 2.48. The van der Waals surface area contributed by atoms with E-state index in [9.17, 15) is 54.7 Å². The van der Waals surface area contributed by atoms with E-state index >= 15 is 0 Å². The molecule has 1 aliphatic carbocycles. The van der Waals surface area contributed by atoms with Crippen molar-refractivity contribution >= 4 is 41.1 Å². The molecule has 6 aromatic carbocycles. The quantitative estimate of drug-likeness (QED) is 0.0439. The van der Waals surface area contributed by atoms with Gasteiger partial charge in [-0.2, -0.15) is 26.3 Å². The number of ether oxygens (including phenoxy) is 3. The number of para-hydroxylation sites is 1. The molecule has 3 aliphatic heterocycles. The molecule has 0 unspecified atom stereocenters. The normalized spacial score (nSPS) is 18.3. The highest BCUT2D eigenvalue weighted by Gasteiger charge is 2.50. The van der Waals surface area contributed by atoms with Gasteiger partial charge in [-0.3, -0.25) is 24.5 Å². The van der Waals surface area contributed by atoms with Crippen LogP contribution >= 0.6 is 0 Å². The number of hydrogen-bond acceptors (Lipinski definition) is 11. The molecule has 1 spiro atoms. The highest BCUT2D eigenvalue weighted by atomic mass is 19.4. The predicted octanol–water partition coefficient (Wildman–Crippen LogP) is 12.2. The Labute approximate surface area is 549 Å². The molecule has 4 aliphatic rings. The van der Waals surface area contributed by atoms with E-state index in [0.29, 0.717) is 126 Å². The van der Waals surface area contributed by atoms with Crippen LogP contribution in [0.5, 0.6) is 0 Å². The van der Waals surface area contributed by atoms with Gasteiger partial charge < -0.3 is 48.9 Å². The number of nitrogens with zero attached hydrogens (tertiary/aromatic N) is 6. The smallest absolute Gasteiger partial charge is 0.416 e. The zero-order chi connectivity index (χ0) is 67.5. The average molecular weight is 1320 g/mol. The molecule has 0 saturated carbocycles. The van der Waals surface area contributed by atoms with Crippen LogP contribution in [0.4, 0.5) is 46.9 Å². The summed E-state index contributed by atoms with van der Waals surface area (Å²) < 4.78 is 116. The van der Waals surface area contributed by atoms with E-state index in [1.165, 1.54) is 24.3 Å². The molecule has 10 rings (SSSR count). The van der Waals surface area contributed by atoms with E-state index in [1.54, 1.807) is 40.9 Å². The zero-order valence-electron chi connectivity index (χ0n) is 53.7. The summed E-state index contributed by atoms with van der Waals surface area (Å²) in [5.74, 6) is -1.92. The Morgan fingerprint density at radius 2 is 1.29 bits per heavy atom. The number of hydrogen-bond donors (Lipinski definition) is 2. The minimum atomic E-state index is -5.15. The molecular weight excluding hydrogens is 1240 g/mol. The van der Waals surface area contributed by atoms with Crippen LogP contribution in [0.3, 0.4) is 0 Å². The first-order valence-corrected chi connectivity index (χ1v) is 32.3. The van der Waals surface area contributed by atoms with Crippen LogP contribution in [0.15, 0.2) is 146 Å². The van der Waals surface area contributed by atoms with Gasteiger partial charge in [-0.15, -0.1) is 0 Å². The molecule has 3 fully saturated rings. The number of amides is 5. The standard InChI is InChI=1S/C72H81F7N8O8/c1-82(34-12-35-84(3)66(90)51-20-26-58(27-21-51)80-33-11-19-64(88)83(2)41-42-85-36-28-59(29-37-85)95-68(92)81-62-18-10-8-16-60(62)50-13-5-4-6-14-50)65(89)47-93-63-45-52-15-7-9-17-61(52)69(63)30-38-86(39-31-69)40-32-70(54-22-24-57(73)25-23-54)48-87(49-94-70)67(91)53-43-55(71(74,75)76)46-56(44-53)72(77,78)79/h4-10,13-18,20-27,43-44,46,59,63,80H,11-12,19,28-42,45,47-49H2,1-3H3,(H,81,92)/t63-,70-/m0/s1. The molecule has 2 atom stereocenters. The van der Waals surface area contributed by atoms with Crippen molar-refractivity contribution in [3.8, 4) is 11.1 Å². The van der Waals surface area contributed by atoms with Gasteiger partial charge in [-0.05, 0) is 147 Å². The predicted molar refractivity (Wildman–Crippen MR) is 346 cm³/mol. The van der Waals surface area contributed by atoms with Gasteiger partial charge in [0.15, 0.2) is 0 Å². The lowest BCUT2D eigenvalue weighted by Gasteiger charge is -2.44. The number of carbonyl (C=O) groups is 5. The summed E-state index contributed by atoms with van der Waals surface area (Å²) in [7, 11) is 5.25. The lowest BCUT2D eigenvalue weighted by Crippen LogP contribution is -2.50. The van der Waals surface area contributed by atoms with Crippen LogP contribution in [-0.4, -0.2) is 178 Å². The van der Waals surface area contributed by atoms with Crippen molar-refractivity contribution in [1.82, 2.24) is 29.4 Å². The molecule has 2 N–H and O–H groups in total. The Morgan fingerprint density at radius 3 is 1.99 bits per heavy atom. The molecule has 16 nitrogen and oxygen atoms in total. The topological polar surface area (TPSA) is 157 Å². The second kappa shape index (κ2) is 30.6. The van der Waals surface area contributed by atoms with Crippen molar-refractivity contribution in [3.05, 3.63) is 190 Å². The van der Waals surface area contributed by atoms with E-state index in [4.69, 9.17) is 14.2 Å². The first-order chi connectivity index (χ1) is 45.5. The molecule has 6 aromatic rings. The van der Waals surface area contributed by atoms with Crippen LogP contribution in [0.1, 0.15) is 99.9 Å². The molecular formula is C72H81F7N8O8. The molecule has 0 bridgehead atoms. The number of piperidine rings is 2. The van der Waals surface area contributed by atoms with Gasteiger partial charge in [0.1, 0.15) is 30.9 Å². The average Bonchev–Trinajstić information content (AvgIpc) is 1.62. The highest BCUT2D eigenvalue weighted by molar-refractivity contribution is 5.95. The Balaban J connectivity index is 0.619. The van der Waals surface area contributed by atoms with Crippen molar-refractivity contribution in [3.63, 3.8) is 0 Å². The molecule has 3 heterocycles. The van der Waals surface area contributed by atoms with Gasteiger partial charge in [-0.25, -0.2) is 9.18 Å². The minimum absolute atomic E-state index is 0.0299. The molecule has 23 heteroatoms. The van der Waals surface area contributed by atoms with Gasteiger partial charge in [0, 0.05) is 108 Å². The summed E-state index contributed by atoms with van der Waals surface area (Å²) in [5, 5.41) is 6.27. The van der Waals surface area contributed by atoms with E-state index in [2.05, 4.69) is 32.6 Å². The van der Waals surface area contributed by atoms with Crippen LogP contribution in [0.2, 0.25) is 0 Å². The SMILES string of the molecule is CN(CCN1CCC(OC(=O)Nc2ccccc2-c2ccccc2)CC1)C(=O)CCCNc1ccc(C(=O)N(C)CCCN(C)C(=O)CO[C@H]2Cc3ccccc3C23CCN(CC[C@@]2(c4ccc(F)cc4)CN(C(=O)c4cc(C(F)(F)F)cc(C(F)(F)F)c4)CO2)CC3)cc1. The van der Waals surface area contributed by atoms with Gasteiger partial charge in [0.25, 0.3) is 11.8 Å². The van der Waals surface area contributed by atoms with Crippen LogP contribution < -0.4 is 10.6 Å². The van der Waals surface area contributed by atoms with Gasteiger partial charge >= 0.3 is 18.4 Å². The number of carbonyl (C=O) groups excluding carboxylic acids is 5. The number of likely N-dealkylation sites (N-methyl/N-ethyl adjacent to an activating group) is 2. The Morgan fingerprint density at radius 1 is 0.663 bits per heavy atom. The first-order valence-electron chi connectivity index (χ1n) is 32.3. The Kier molecular flexibility index (Phi) is 22.3. The largest absolute Gasteiger partial charge is 0.446 e. The Hall–Kier alpha value is -8.38. The van der Waals surface area contributed by atoms with E-state index in [-0.39, 0.29) is 55.6 Å². The molecule has 0 radical (unpaired) electrons. The van der Waals surface area contributed by atoms with Gasteiger partial charge in [0.2, 0.25) is 11.8 Å². The Bertz CT molecular complexity index is 3590. The van der Waals surface area contributed by atoms with E-state index in [0.717, 1.165) is 52.5 Å². The van der Waals surface area contributed by atoms with Crippen LogP contribution in [-0.2, 0) is 53.6 Å². The van der Waals surface area contributed by atoms with Crippen LogP contribution in [0.25, 0.3) is 11.1 Å². The number of rotatable bonds is 24. The molecule has 0 aromatic heterocycles. The van der Waals surface area contributed by atoms with Crippen molar-refractivity contribution in [1.29, 1.82) is 0 Å². The van der Waals surface area contributed by atoms with Gasteiger partial charge in [-0.1, -0.05) is 84.9 Å². The number of nitrogens with one attached hydrogen (secondary N) is 2. The number of benzene rings is 6. The summed E-state index contributed by atoms with van der Waals surface area (Å²) in [6.45, 7) is 5.02. The second-order valence-electron chi connectivity index (χ2n) is 25.3. The third kappa shape index (κ3) is 17.4. The van der Waals surface area contributed by atoms with Crippen molar-refractivity contribution < 1.29 is 68.9 Å². The third-order valence-electron chi connectivity index (χ3n) is 19.0. The number of alkyl halides is 6. The third-order valence-corrected chi connectivity index (χ3v) is 19.0. The number of fused-ring (bicyclic) bond motifs is 2. The second-order valence-corrected chi connectivity index (χ2v) is 25.3. The fraction of sp³-hybridized carbons (Fsp3) is 0.431. The van der Waals surface area contributed by atoms with E-state index < -0.39 is 64.6 Å². The molecule has 95 heavy (non-hydrogen) atoms. The summed E-state index contributed by atoms with van der Waals surface area (Å²) in [6, 6.07) is 39.1. The van der Waals surface area contributed by atoms with Crippen LogP contribution in [0, 0.1) is 5.82 Å². The minimum Gasteiger partial charge on any atom is -0.446 e. The van der Waals surface area contributed by atoms with Crippen molar-refractivity contribution in [2.45, 2.75) is 93.4 Å². The maximum atomic E-state index is 14.2. The summed E-state index contributed by atoms with van der Waals surface area (Å²) in [5.41, 5.74) is 1.05. The summed E-state index contributed by atoms with van der Waals surface area (Å²) >= 11 is 0. The lowest BCUT2D eigenvalue weighted by molar-refractivity contribution is -0.143. The van der Waals surface area contributed by atoms with Gasteiger partial charge in [0.05, 0.1) is 29.5 Å². The molecule has 5 amide bonds. The zero-order valence-corrected chi connectivity index (χ0v) is 53.7. The fourth-order valence-corrected chi connectivity index (χ4v) is 13.4. The maximum Gasteiger partial charge on any atom is 0.416 e.